The molecule has 4 rings (SSSR count). The molecule has 0 spiro atoms. The fourth-order valence-corrected chi connectivity index (χ4v) is 5.02. The number of sulfonamides is 1. The van der Waals surface area contributed by atoms with Crippen molar-refractivity contribution in [1.29, 1.82) is 0 Å². The van der Waals surface area contributed by atoms with Gasteiger partial charge in [-0.2, -0.15) is 0 Å². The maximum atomic E-state index is 13.1. The number of anilines is 2. The molecule has 3 aromatic rings. The minimum atomic E-state index is -3.76. The van der Waals surface area contributed by atoms with Gasteiger partial charge in [-0.3, -0.25) is 14.0 Å². The van der Waals surface area contributed by atoms with Crippen molar-refractivity contribution in [3.05, 3.63) is 84.4 Å². The van der Waals surface area contributed by atoms with E-state index in [4.69, 9.17) is 4.74 Å². The highest BCUT2D eigenvalue weighted by Crippen LogP contribution is 2.29. The smallest absolute Gasteiger partial charge is 0.264 e. The minimum absolute atomic E-state index is 0.119. The Morgan fingerprint density at radius 1 is 1.00 bits per heavy atom. The third-order valence-electron chi connectivity index (χ3n) is 5.85. The molecule has 0 aliphatic heterocycles. The van der Waals surface area contributed by atoms with Gasteiger partial charge in [0.1, 0.15) is 5.75 Å². The van der Waals surface area contributed by atoms with Gasteiger partial charge < -0.3 is 10.1 Å². The highest BCUT2D eigenvalue weighted by molar-refractivity contribution is 7.92. The number of hydrogen-bond acceptors (Lipinski definition) is 5. The van der Waals surface area contributed by atoms with Gasteiger partial charge in [0.25, 0.3) is 10.0 Å². The summed E-state index contributed by atoms with van der Waals surface area (Å²) in [6, 6.07) is 23.5. The Labute approximate surface area is 201 Å². The molecule has 1 amide bonds. The third kappa shape index (κ3) is 5.76. The Hall–Kier alpha value is -3.36. The van der Waals surface area contributed by atoms with Gasteiger partial charge in [0.05, 0.1) is 24.2 Å². The van der Waals surface area contributed by atoms with Crippen LogP contribution in [0.5, 0.6) is 5.75 Å². The van der Waals surface area contributed by atoms with Crippen molar-refractivity contribution in [2.75, 3.05) is 30.3 Å². The molecule has 7 nitrogen and oxygen atoms in total. The summed E-state index contributed by atoms with van der Waals surface area (Å²) in [5.41, 5.74) is 2.13. The molecule has 0 radical (unpaired) electrons. The summed E-state index contributed by atoms with van der Waals surface area (Å²) in [7, 11) is -0.611. The average molecular weight is 480 g/mol. The van der Waals surface area contributed by atoms with E-state index in [1.54, 1.807) is 43.5 Å². The van der Waals surface area contributed by atoms with Gasteiger partial charge in [0, 0.05) is 25.3 Å². The molecule has 8 heteroatoms. The Kier molecular flexibility index (Phi) is 7.19. The summed E-state index contributed by atoms with van der Waals surface area (Å²) in [6.07, 6.45) is 2.14. The molecular weight excluding hydrogens is 450 g/mol. The SMILES string of the molecule is COc1ccc(CN(CC(=O)Nc2cccc(S(=O)(=O)N(C)c3ccccc3)c2)C2CC2)cc1. The van der Waals surface area contributed by atoms with Crippen molar-refractivity contribution < 1.29 is 17.9 Å². The number of ether oxygens (including phenoxy) is 1. The highest BCUT2D eigenvalue weighted by atomic mass is 32.2. The van der Waals surface area contributed by atoms with E-state index in [9.17, 15) is 13.2 Å². The van der Waals surface area contributed by atoms with Gasteiger partial charge in [-0.05, 0) is 60.9 Å². The molecule has 1 aliphatic carbocycles. The number of nitrogens with one attached hydrogen (secondary N) is 1. The monoisotopic (exact) mass is 479 g/mol. The summed E-state index contributed by atoms with van der Waals surface area (Å²) >= 11 is 0. The number of para-hydroxylation sites is 1. The van der Waals surface area contributed by atoms with E-state index < -0.39 is 10.0 Å². The number of nitrogens with zero attached hydrogens (tertiary/aromatic N) is 2. The summed E-state index contributed by atoms with van der Waals surface area (Å²) in [5.74, 6) is 0.624. The molecule has 1 aliphatic rings. The number of methoxy groups -OCH3 is 1. The van der Waals surface area contributed by atoms with E-state index in [2.05, 4.69) is 10.2 Å². The number of rotatable bonds is 10. The molecule has 34 heavy (non-hydrogen) atoms. The molecule has 0 unspecified atom stereocenters. The lowest BCUT2D eigenvalue weighted by Gasteiger charge is -2.22. The normalized spacial score (nSPS) is 13.5. The Morgan fingerprint density at radius 3 is 2.35 bits per heavy atom. The predicted octanol–water partition coefficient (Wildman–Crippen LogP) is 4.12. The first-order valence-corrected chi connectivity index (χ1v) is 12.6. The Balaban J connectivity index is 1.43. The van der Waals surface area contributed by atoms with Gasteiger partial charge in [-0.25, -0.2) is 8.42 Å². The van der Waals surface area contributed by atoms with Gasteiger partial charge in [0.2, 0.25) is 5.91 Å². The average Bonchev–Trinajstić information content (AvgIpc) is 3.70. The van der Waals surface area contributed by atoms with Gasteiger partial charge in [-0.1, -0.05) is 36.4 Å². The zero-order chi connectivity index (χ0) is 24.1. The molecular formula is C26H29N3O4S. The minimum Gasteiger partial charge on any atom is -0.497 e. The van der Waals surface area contributed by atoms with Crippen molar-refractivity contribution >= 4 is 27.3 Å². The first-order valence-electron chi connectivity index (χ1n) is 11.2. The van der Waals surface area contributed by atoms with Crippen LogP contribution in [-0.4, -0.2) is 46.0 Å². The molecule has 1 saturated carbocycles. The number of carbonyl (C=O) groups is 1. The zero-order valence-electron chi connectivity index (χ0n) is 19.3. The van der Waals surface area contributed by atoms with Crippen LogP contribution in [0.3, 0.4) is 0 Å². The largest absolute Gasteiger partial charge is 0.497 e. The molecule has 1 N–H and O–H groups in total. The fraction of sp³-hybridized carbons (Fsp3) is 0.269. The fourth-order valence-electron chi connectivity index (χ4n) is 3.77. The molecule has 0 atom stereocenters. The van der Waals surface area contributed by atoms with Crippen LogP contribution in [0.25, 0.3) is 0 Å². The second kappa shape index (κ2) is 10.3. The lowest BCUT2D eigenvalue weighted by atomic mass is 10.2. The van der Waals surface area contributed by atoms with Crippen molar-refractivity contribution in [1.82, 2.24) is 4.90 Å². The lowest BCUT2D eigenvalue weighted by Crippen LogP contribution is -2.34. The third-order valence-corrected chi connectivity index (χ3v) is 7.63. The molecule has 0 heterocycles. The van der Waals surface area contributed by atoms with E-state index in [0.717, 1.165) is 24.2 Å². The summed E-state index contributed by atoms with van der Waals surface area (Å²) in [5, 5.41) is 2.87. The van der Waals surface area contributed by atoms with Crippen LogP contribution in [0.1, 0.15) is 18.4 Å². The van der Waals surface area contributed by atoms with Crippen LogP contribution in [0.4, 0.5) is 11.4 Å². The molecule has 178 valence electrons. The van der Waals surface area contributed by atoms with Crippen LogP contribution in [0.15, 0.2) is 83.8 Å². The summed E-state index contributed by atoms with van der Waals surface area (Å²) in [4.78, 5) is 15.1. The quantitative estimate of drug-likeness (QED) is 0.473. The molecule has 1 fully saturated rings. The first kappa shape index (κ1) is 23.8. The molecule has 0 saturated heterocycles. The number of carbonyl (C=O) groups excluding carboxylic acids is 1. The maximum Gasteiger partial charge on any atom is 0.264 e. The van der Waals surface area contributed by atoms with Crippen LogP contribution in [0.2, 0.25) is 0 Å². The van der Waals surface area contributed by atoms with Crippen LogP contribution in [-0.2, 0) is 21.4 Å². The lowest BCUT2D eigenvalue weighted by molar-refractivity contribution is -0.117. The van der Waals surface area contributed by atoms with E-state index in [1.807, 2.05) is 30.3 Å². The topological polar surface area (TPSA) is 79.0 Å². The van der Waals surface area contributed by atoms with Crippen molar-refractivity contribution in [3.8, 4) is 5.75 Å². The number of amides is 1. The van der Waals surface area contributed by atoms with Gasteiger partial charge in [-0.15, -0.1) is 0 Å². The molecule has 0 aromatic heterocycles. The molecule has 3 aromatic carbocycles. The van der Waals surface area contributed by atoms with E-state index in [1.165, 1.54) is 23.5 Å². The number of benzene rings is 3. The van der Waals surface area contributed by atoms with E-state index in [0.29, 0.717) is 24.0 Å². The van der Waals surface area contributed by atoms with Crippen LogP contribution < -0.4 is 14.4 Å². The highest BCUT2D eigenvalue weighted by Gasteiger charge is 2.30. The van der Waals surface area contributed by atoms with Crippen LogP contribution in [0, 0.1) is 0 Å². The van der Waals surface area contributed by atoms with Gasteiger partial charge in [0.15, 0.2) is 0 Å². The summed E-state index contributed by atoms with van der Waals surface area (Å²) < 4.78 is 32.6. The van der Waals surface area contributed by atoms with E-state index in [-0.39, 0.29) is 17.3 Å². The van der Waals surface area contributed by atoms with Crippen LogP contribution >= 0.6 is 0 Å². The van der Waals surface area contributed by atoms with Crippen molar-refractivity contribution in [2.24, 2.45) is 0 Å². The second-order valence-electron chi connectivity index (χ2n) is 8.37. The Bertz CT molecular complexity index is 1230. The summed E-state index contributed by atoms with van der Waals surface area (Å²) in [6.45, 7) is 0.899. The van der Waals surface area contributed by atoms with Crippen molar-refractivity contribution in [3.63, 3.8) is 0 Å². The van der Waals surface area contributed by atoms with E-state index >= 15 is 0 Å². The Morgan fingerprint density at radius 2 is 1.71 bits per heavy atom. The van der Waals surface area contributed by atoms with Gasteiger partial charge >= 0.3 is 0 Å². The maximum absolute atomic E-state index is 13.1. The number of hydrogen-bond donors (Lipinski definition) is 1. The first-order chi connectivity index (χ1) is 16.4. The van der Waals surface area contributed by atoms with Crippen molar-refractivity contribution in [2.45, 2.75) is 30.3 Å². The molecule has 0 bridgehead atoms. The second-order valence-corrected chi connectivity index (χ2v) is 10.3. The predicted molar refractivity (Wildman–Crippen MR) is 134 cm³/mol. The zero-order valence-corrected chi connectivity index (χ0v) is 20.2. The standard InChI is InChI=1S/C26H29N3O4S/c1-28(22-8-4-3-5-9-22)34(31,32)25-10-6-7-21(17-25)27-26(30)19-29(23-13-14-23)18-20-11-15-24(33-2)16-12-20/h3-12,15-17,23H,13-14,18-19H2,1-2H3,(H,27,30).